The van der Waals surface area contributed by atoms with Crippen LogP contribution in [0.2, 0.25) is 10.0 Å². The minimum atomic E-state index is -0.391. The molecule has 0 spiro atoms. The molecule has 0 saturated heterocycles. The molecule has 0 fully saturated rings. The second-order valence-electron chi connectivity index (χ2n) is 5.96. The van der Waals surface area contributed by atoms with Crippen molar-refractivity contribution in [2.75, 3.05) is 19.8 Å². The summed E-state index contributed by atoms with van der Waals surface area (Å²) in [4.78, 5) is 0. The lowest BCUT2D eigenvalue weighted by Gasteiger charge is -2.16. The standard InChI is InChI=1S/C20H24Cl2FNO3/c1-2-26-19-9-15(12-24-7-3-4-8-25)18(22)11-20(19)27-13-14-5-6-16(23)10-17(14)21/h5-6,9-11,24-25H,2-4,7-8,12-13H2,1H3. The summed E-state index contributed by atoms with van der Waals surface area (Å²) in [7, 11) is 0. The highest BCUT2D eigenvalue weighted by Crippen LogP contribution is 2.34. The highest BCUT2D eigenvalue weighted by atomic mass is 35.5. The molecule has 0 aliphatic heterocycles. The average molecular weight is 416 g/mol. The third kappa shape index (κ3) is 6.85. The molecule has 148 valence electrons. The van der Waals surface area contributed by atoms with Crippen LogP contribution in [-0.2, 0) is 13.2 Å². The van der Waals surface area contributed by atoms with Crippen molar-refractivity contribution in [2.45, 2.75) is 32.9 Å². The monoisotopic (exact) mass is 415 g/mol. The number of hydrogen-bond donors (Lipinski definition) is 2. The number of nitrogens with one attached hydrogen (secondary N) is 1. The minimum absolute atomic E-state index is 0.175. The van der Waals surface area contributed by atoms with Crippen LogP contribution in [0.4, 0.5) is 4.39 Å². The van der Waals surface area contributed by atoms with Crippen LogP contribution in [0, 0.1) is 5.82 Å². The van der Waals surface area contributed by atoms with E-state index in [1.54, 1.807) is 12.1 Å². The lowest BCUT2D eigenvalue weighted by atomic mass is 10.2. The summed E-state index contributed by atoms with van der Waals surface area (Å²) in [6.45, 7) is 4.13. The first-order valence-corrected chi connectivity index (χ1v) is 9.64. The third-order valence-electron chi connectivity index (χ3n) is 3.89. The van der Waals surface area contributed by atoms with E-state index in [2.05, 4.69) is 5.32 Å². The summed E-state index contributed by atoms with van der Waals surface area (Å²) < 4.78 is 24.7. The quantitative estimate of drug-likeness (QED) is 0.508. The molecule has 2 N–H and O–H groups in total. The molecule has 0 saturated carbocycles. The smallest absolute Gasteiger partial charge is 0.163 e. The van der Waals surface area contributed by atoms with E-state index in [9.17, 15) is 4.39 Å². The van der Waals surface area contributed by atoms with Crippen LogP contribution >= 0.6 is 23.2 Å². The second-order valence-corrected chi connectivity index (χ2v) is 6.77. The average Bonchev–Trinajstić information content (AvgIpc) is 2.63. The van der Waals surface area contributed by atoms with Gasteiger partial charge in [-0.3, -0.25) is 0 Å². The van der Waals surface area contributed by atoms with E-state index in [0.717, 1.165) is 24.9 Å². The highest BCUT2D eigenvalue weighted by molar-refractivity contribution is 6.31. The van der Waals surface area contributed by atoms with Crippen molar-refractivity contribution in [3.8, 4) is 11.5 Å². The van der Waals surface area contributed by atoms with Crippen LogP contribution in [-0.4, -0.2) is 24.9 Å². The van der Waals surface area contributed by atoms with Crippen LogP contribution in [0.3, 0.4) is 0 Å². The van der Waals surface area contributed by atoms with Crippen molar-refractivity contribution in [3.05, 3.63) is 57.3 Å². The number of aliphatic hydroxyl groups is 1. The van der Waals surface area contributed by atoms with Crippen LogP contribution in [0.25, 0.3) is 0 Å². The van der Waals surface area contributed by atoms with Gasteiger partial charge in [0.1, 0.15) is 12.4 Å². The maximum atomic E-state index is 13.2. The van der Waals surface area contributed by atoms with E-state index < -0.39 is 5.82 Å². The first-order chi connectivity index (χ1) is 13.0. The predicted molar refractivity (Wildman–Crippen MR) is 106 cm³/mol. The van der Waals surface area contributed by atoms with Gasteiger partial charge >= 0.3 is 0 Å². The molecule has 0 heterocycles. The van der Waals surface area contributed by atoms with Crippen molar-refractivity contribution in [3.63, 3.8) is 0 Å². The number of hydrogen-bond acceptors (Lipinski definition) is 4. The zero-order chi connectivity index (χ0) is 19.6. The first kappa shape index (κ1) is 21.8. The molecular weight excluding hydrogens is 392 g/mol. The highest BCUT2D eigenvalue weighted by Gasteiger charge is 2.12. The lowest BCUT2D eigenvalue weighted by Crippen LogP contribution is -2.15. The number of aliphatic hydroxyl groups excluding tert-OH is 1. The van der Waals surface area contributed by atoms with Gasteiger partial charge in [-0.2, -0.15) is 0 Å². The maximum Gasteiger partial charge on any atom is 0.163 e. The van der Waals surface area contributed by atoms with E-state index in [-0.39, 0.29) is 13.2 Å². The molecule has 4 nitrogen and oxygen atoms in total. The van der Waals surface area contributed by atoms with Gasteiger partial charge in [-0.15, -0.1) is 0 Å². The fourth-order valence-corrected chi connectivity index (χ4v) is 2.92. The Morgan fingerprint density at radius 3 is 2.44 bits per heavy atom. The molecule has 0 aliphatic carbocycles. The molecule has 2 aromatic carbocycles. The molecule has 7 heteroatoms. The second kappa shape index (κ2) is 11.3. The lowest BCUT2D eigenvalue weighted by molar-refractivity contribution is 0.269. The Morgan fingerprint density at radius 2 is 1.74 bits per heavy atom. The van der Waals surface area contributed by atoms with Gasteiger partial charge in [0.25, 0.3) is 0 Å². The van der Waals surface area contributed by atoms with E-state index in [4.69, 9.17) is 37.8 Å². The van der Waals surface area contributed by atoms with Crippen molar-refractivity contribution in [1.82, 2.24) is 5.32 Å². The Hall–Kier alpha value is -1.53. The Kier molecular flexibility index (Phi) is 9.15. The van der Waals surface area contributed by atoms with Gasteiger partial charge in [-0.25, -0.2) is 4.39 Å². The molecule has 2 aromatic rings. The maximum absolute atomic E-state index is 13.2. The normalized spacial score (nSPS) is 10.9. The van der Waals surface area contributed by atoms with Gasteiger partial charge in [0.2, 0.25) is 0 Å². The zero-order valence-electron chi connectivity index (χ0n) is 15.2. The number of halogens is 3. The molecule has 0 atom stereocenters. The fourth-order valence-electron chi connectivity index (χ4n) is 2.47. The fraction of sp³-hybridized carbons (Fsp3) is 0.400. The van der Waals surface area contributed by atoms with Crippen molar-refractivity contribution in [2.24, 2.45) is 0 Å². The number of rotatable bonds is 11. The number of ether oxygens (including phenoxy) is 2. The SMILES string of the molecule is CCOc1cc(CNCCCCO)c(Cl)cc1OCc1ccc(F)cc1Cl. The Balaban J connectivity index is 2.07. The van der Waals surface area contributed by atoms with Gasteiger partial charge in [-0.1, -0.05) is 29.3 Å². The van der Waals surface area contributed by atoms with Crippen molar-refractivity contribution >= 4 is 23.2 Å². The summed E-state index contributed by atoms with van der Waals surface area (Å²) >= 11 is 12.4. The largest absolute Gasteiger partial charge is 0.490 e. The Labute approximate surface area is 169 Å². The summed E-state index contributed by atoms with van der Waals surface area (Å²) in [5.74, 6) is 0.705. The Bertz CT molecular complexity index is 743. The molecule has 0 bridgehead atoms. The topological polar surface area (TPSA) is 50.7 Å². The molecule has 27 heavy (non-hydrogen) atoms. The summed E-state index contributed by atoms with van der Waals surface area (Å²) in [6, 6.07) is 7.75. The van der Waals surface area contributed by atoms with Crippen LogP contribution < -0.4 is 14.8 Å². The molecule has 0 amide bonds. The van der Waals surface area contributed by atoms with Crippen LogP contribution in [0.1, 0.15) is 30.9 Å². The van der Waals surface area contributed by atoms with Crippen LogP contribution in [0.15, 0.2) is 30.3 Å². The summed E-state index contributed by atoms with van der Waals surface area (Å²) in [5, 5.41) is 13.0. The summed E-state index contributed by atoms with van der Waals surface area (Å²) in [5.41, 5.74) is 1.57. The molecule has 0 aromatic heterocycles. The zero-order valence-corrected chi connectivity index (χ0v) is 16.7. The first-order valence-electron chi connectivity index (χ1n) is 8.88. The van der Waals surface area contributed by atoms with Gasteiger partial charge in [-0.05, 0) is 50.1 Å². The van der Waals surface area contributed by atoms with E-state index in [0.29, 0.717) is 40.3 Å². The Morgan fingerprint density at radius 1 is 1.00 bits per heavy atom. The van der Waals surface area contributed by atoms with E-state index in [1.165, 1.54) is 12.1 Å². The molecule has 0 unspecified atom stereocenters. The van der Waals surface area contributed by atoms with Gasteiger partial charge in [0.15, 0.2) is 11.5 Å². The van der Waals surface area contributed by atoms with E-state index >= 15 is 0 Å². The summed E-state index contributed by atoms with van der Waals surface area (Å²) in [6.07, 6.45) is 1.66. The number of benzene rings is 2. The third-order valence-corrected chi connectivity index (χ3v) is 4.59. The van der Waals surface area contributed by atoms with Gasteiger partial charge in [0, 0.05) is 29.8 Å². The van der Waals surface area contributed by atoms with E-state index in [1.807, 2.05) is 13.0 Å². The molecule has 0 radical (unpaired) electrons. The molecule has 2 rings (SSSR count). The minimum Gasteiger partial charge on any atom is -0.490 e. The van der Waals surface area contributed by atoms with Crippen molar-refractivity contribution < 1.29 is 19.0 Å². The number of unbranched alkanes of at least 4 members (excludes halogenated alkanes) is 1. The predicted octanol–water partition coefficient (Wildman–Crippen LogP) is 4.97. The molecule has 0 aliphatic rings. The van der Waals surface area contributed by atoms with Crippen LogP contribution in [0.5, 0.6) is 11.5 Å². The van der Waals surface area contributed by atoms with Gasteiger partial charge < -0.3 is 19.9 Å². The van der Waals surface area contributed by atoms with Gasteiger partial charge in [0.05, 0.1) is 11.6 Å². The molecular formula is C20H24Cl2FNO3. The van der Waals surface area contributed by atoms with Crippen molar-refractivity contribution in [1.29, 1.82) is 0 Å².